The molecule has 0 spiro atoms. The summed E-state index contributed by atoms with van der Waals surface area (Å²) in [6.45, 7) is 13.5. The smallest absolute Gasteiger partial charge is 0.168 e. The van der Waals surface area contributed by atoms with Crippen LogP contribution in [0.4, 0.5) is 0 Å². The molecule has 0 amide bonds. The molecular weight excluding hydrogens is 280 g/mol. The maximum absolute atomic E-state index is 9.91. The van der Waals surface area contributed by atoms with Gasteiger partial charge in [-0.2, -0.15) is 0 Å². The Kier molecular flexibility index (Phi) is 5.59. The minimum atomic E-state index is -0.610. The molecule has 0 aromatic heterocycles. The van der Waals surface area contributed by atoms with Crippen molar-refractivity contribution in [2.24, 2.45) is 23.7 Å². The zero-order valence-corrected chi connectivity index (χ0v) is 15.1. The molecule has 2 rings (SSSR count). The fraction of sp³-hybridized carbons (Fsp3) is 1.00. The van der Waals surface area contributed by atoms with Crippen molar-refractivity contribution in [3.8, 4) is 0 Å². The lowest BCUT2D eigenvalue weighted by Crippen LogP contribution is -2.69. The van der Waals surface area contributed by atoms with Crippen molar-refractivity contribution in [3.63, 3.8) is 0 Å². The second-order valence-corrected chi connectivity index (χ2v) is 7.53. The van der Waals surface area contributed by atoms with Crippen molar-refractivity contribution in [2.45, 2.75) is 84.7 Å². The third-order valence-corrected chi connectivity index (χ3v) is 6.45. The Morgan fingerprint density at radius 1 is 1.18 bits per heavy atom. The van der Waals surface area contributed by atoms with Crippen LogP contribution < -0.4 is 0 Å². The van der Waals surface area contributed by atoms with E-state index in [0.717, 1.165) is 19.3 Å². The molecule has 1 saturated heterocycles. The standard InChI is InChI=1S/C18H34O4/c1-7-11-20-17(6)13(4)16-10-9-12(3)15(8-2)18(16,22-19)14(5)21-17/h12-16,19H,7-11H2,1-6H3. The molecular formula is C18H34O4. The Morgan fingerprint density at radius 2 is 1.86 bits per heavy atom. The minimum Gasteiger partial charge on any atom is -0.350 e. The van der Waals surface area contributed by atoms with Crippen LogP contribution in [0.1, 0.15) is 67.2 Å². The van der Waals surface area contributed by atoms with E-state index in [1.165, 1.54) is 6.42 Å². The number of hydrogen-bond acceptors (Lipinski definition) is 4. The summed E-state index contributed by atoms with van der Waals surface area (Å²) >= 11 is 0. The van der Waals surface area contributed by atoms with Gasteiger partial charge in [-0.25, -0.2) is 4.89 Å². The van der Waals surface area contributed by atoms with Crippen molar-refractivity contribution >= 4 is 0 Å². The third kappa shape index (κ3) is 2.62. The SMILES string of the molecule is CCCOC1(C)OC(C)C2(OO)C(CC)C(C)CCC2C1C. The Bertz CT molecular complexity index is 374. The lowest BCUT2D eigenvalue weighted by molar-refractivity contribution is -0.443. The zero-order chi connectivity index (χ0) is 16.5. The number of fused-ring (bicyclic) bond motifs is 1. The van der Waals surface area contributed by atoms with Crippen molar-refractivity contribution in [1.29, 1.82) is 0 Å². The molecule has 0 bridgehead atoms. The van der Waals surface area contributed by atoms with E-state index in [1.54, 1.807) is 0 Å². The molecule has 7 atom stereocenters. The Hall–Kier alpha value is -0.160. The monoisotopic (exact) mass is 314 g/mol. The molecule has 0 aromatic carbocycles. The first kappa shape index (κ1) is 18.2. The second-order valence-electron chi connectivity index (χ2n) is 7.53. The molecule has 130 valence electrons. The summed E-state index contributed by atoms with van der Waals surface area (Å²) in [5.74, 6) is 0.686. The lowest BCUT2D eigenvalue weighted by Gasteiger charge is -2.61. The Labute approximate surface area is 135 Å². The summed E-state index contributed by atoms with van der Waals surface area (Å²) in [5.41, 5.74) is -0.610. The maximum atomic E-state index is 9.91. The maximum Gasteiger partial charge on any atom is 0.168 e. The normalized spacial score (nSPS) is 49.0. The van der Waals surface area contributed by atoms with Gasteiger partial charge in [0.15, 0.2) is 5.79 Å². The first-order valence-corrected chi connectivity index (χ1v) is 9.01. The minimum absolute atomic E-state index is 0.184. The van der Waals surface area contributed by atoms with Crippen LogP contribution in [0.5, 0.6) is 0 Å². The molecule has 1 aliphatic heterocycles. The van der Waals surface area contributed by atoms with Gasteiger partial charge in [0.1, 0.15) is 5.60 Å². The number of hydrogen-bond donors (Lipinski definition) is 1. The van der Waals surface area contributed by atoms with Crippen LogP contribution >= 0.6 is 0 Å². The highest BCUT2D eigenvalue weighted by molar-refractivity contribution is 5.08. The first-order chi connectivity index (χ1) is 10.4. The van der Waals surface area contributed by atoms with E-state index in [-0.39, 0.29) is 17.9 Å². The first-order valence-electron chi connectivity index (χ1n) is 9.01. The van der Waals surface area contributed by atoms with E-state index < -0.39 is 11.4 Å². The highest BCUT2D eigenvalue weighted by atomic mass is 17.1. The van der Waals surface area contributed by atoms with E-state index in [4.69, 9.17) is 14.4 Å². The van der Waals surface area contributed by atoms with Crippen molar-refractivity contribution in [1.82, 2.24) is 0 Å². The third-order valence-electron chi connectivity index (χ3n) is 6.45. The van der Waals surface area contributed by atoms with Crippen LogP contribution in [0.25, 0.3) is 0 Å². The summed E-state index contributed by atoms with van der Waals surface area (Å²) in [4.78, 5) is 5.26. The summed E-state index contributed by atoms with van der Waals surface area (Å²) in [6, 6.07) is 0. The molecule has 2 fully saturated rings. The molecule has 0 radical (unpaired) electrons. The average Bonchev–Trinajstić information content (AvgIpc) is 2.50. The molecule has 1 N–H and O–H groups in total. The number of rotatable bonds is 5. The van der Waals surface area contributed by atoms with Gasteiger partial charge in [-0.05, 0) is 44.9 Å². The molecule has 1 aliphatic carbocycles. The molecule has 0 aromatic rings. The lowest BCUT2D eigenvalue weighted by atomic mass is 9.55. The van der Waals surface area contributed by atoms with Crippen molar-refractivity contribution in [2.75, 3.05) is 6.61 Å². The van der Waals surface area contributed by atoms with Crippen LogP contribution in [0.2, 0.25) is 0 Å². The largest absolute Gasteiger partial charge is 0.350 e. The topological polar surface area (TPSA) is 47.9 Å². The van der Waals surface area contributed by atoms with Crippen LogP contribution in [0.15, 0.2) is 0 Å². The van der Waals surface area contributed by atoms with Crippen molar-refractivity contribution < 1.29 is 19.6 Å². The number of ether oxygens (including phenoxy) is 2. The molecule has 7 unspecified atom stereocenters. The quantitative estimate of drug-likeness (QED) is 0.600. The van der Waals surface area contributed by atoms with Gasteiger partial charge in [-0.3, -0.25) is 5.26 Å². The predicted molar refractivity (Wildman–Crippen MR) is 86.5 cm³/mol. The van der Waals surface area contributed by atoms with E-state index >= 15 is 0 Å². The summed E-state index contributed by atoms with van der Waals surface area (Å²) in [7, 11) is 0. The van der Waals surface area contributed by atoms with Gasteiger partial charge in [0.25, 0.3) is 0 Å². The van der Waals surface area contributed by atoms with E-state index in [9.17, 15) is 5.26 Å². The summed E-state index contributed by atoms with van der Waals surface area (Å²) in [6.07, 6.45) is 4.01. The van der Waals surface area contributed by atoms with Gasteiger partial charge in [-0.15, -0.1) is 0 Å². The van der Waals surface area contributed by atoms with Gasteiger partial charge in [0.2, 0.25) is 0 Å². The molecule has 4 nitrogen and oxygen atoms in total. The summed E-state index contributed by atoms with van der Waals surface area (Å²) in [5, 5.41) is 9.91. The molecule has 4 heteroatoms. The molecule has 1 heterocycles. The molecule has 2 aliphatic rings. The highest BCUT2D eigenvalue weighted by Gasteiger charge is 2.64. The summed E-state index contributed by atoms with van der Waals surface area (Å²) < 4.78 is 12.4. The second kappa shape index (κ2) is 6.76. The van der Waals surface area contributed by atoms with Crippen LogP contribution in [0, 0.1) is 23.7 Å². The van der Waals surface area contributed by atoms with E-state index in [1.807, 2.05) is 13.8 Å². The van der Waals surface area contributed by atoms with Crippen LogP contribution in [0.3, 0.4) is 0 Å². The highest BCUT2D eigenvalue weighted by Crippen LogP contribution is 2.56. The van der Waals surface area contributed by atoms with Gasteiger partial charge >= 0.3 is 0 Å². The van der Waals surface area contributed by atoms with E-state index in [0.29, 0.717) is 18.4 Å². The van der Waals surface area contributed by atoms with Gasteiger partial charge in [0.05, 0.1) is 6.10 Å². The Balaban J connectivity index is 2.36. The van der Waals surface area contributed by atoms with Crippen LogP contribution in [-0.4, -0.2) is 29.4 Å². The molecule has 22 heavy (non-hydrogen) atoms. The van der Waals surface area contributed by atoms with E-state index in [2.05, 4.69) is 27.7 Å². The molecule has 1 saturated carbocycles. The fourth-order valence-corrected chi connectivity index (χ4v) is 5.15. The van der Waals surface area contributed by atoms with Crippen molar-refractivity contribution in [3.05, 3.63) is 0 Å². The van der Waals surface area contributed by atoms with Gasteiger partial charge < -0.3 is 9.47 Å². The zero-order valence-electron chi connectivity index (χ0n) is 15.1. The van der Waals surface area contributed by atoms with Gasteiger partial charge in [0, 0.05) is 18.4 Å². The van der Waals surface area contributed by atoms with Gasteiger partial charge in [-0.1, -0.05) is 34.1 Å². The predicted octanol–water partition coefficient (Wildman–Crippen LogP) is 4.48. The average molecular weight is 314 g/mol. The Morgan fingerprint density at radius 3 is 2.41 bits per heavy atom. The van der Waals surface area contributed by atoms with Crippen LogP contribution in [-0.2, 0) is 14.4 Å². The fourth-order valence-electron chi connectivity index (χ4n) is 5.15.